The van der Waals surface area contributed by atoms with Gasteiger partial charge in [-0.25, -0.2) is 9.59 Å². The Morgan fingerprint density at radius 3 is 1.65 bits per heavy atom. The van der Waals surface area contributed by atoms with E-state index in [4.69, 9.17) is 15.9 Å². The van der Waals surface area contributed by atoms with Crippen molar-refractivity contribution in [3.63, 3.8) is 0 Å². The van der Waals surface area contributed by atoms with Crippen LogP contribution in [0.25, 0.3) is 0 Å². The normalized spacial score (nSPS) is 11.7. The van der Waals surface area contributed by atoms with Crippen LogP contribution in [0.3, 0.4) is 0 Å². The quantitative estimate of drug-likeness (QED) is 0.129. The highest BCUT2D eigenvalue weighted by molar-refractivity contribution is 5.81. The molecule has 0 heterocycles. The van der Waals surface area contributed by atoms with Crippen LogP contribution in [0.4, 0.5) is 4.79 Å². The predicted molar refractivity (Wildman–Crippen MR) is 128 cm³/mol. The summed E-state index contributed by atoms with van der Waals surface area (Å²) in [6, 6.07) is -0.721. The lowest BCUT2D eigenvalue weighted by molar-refractivity contribution is -0.147. The van der Waals surface area contributed by atoms with Crippen molar-refractivity contribution in [2.75, 3.05) is 13.2 Å². The van der Waals surface area contributed by atoms with Gasteiger partial charge in [0.25, 0.3) is 0 Å². The molecule has 0 bridgehead atoms. The highest BCUT2D eigenvalue weighted by Gasteiger charge is 2.26. The predicted octanol–water partition coefficient (Wildman–Crippen LogP) is 6.79. The molecule has 0 rings (SSSR count). The van der Waals surface area contributed by atoms with Crippen LogP contribution in [0.1, 0.15) is 117 Å². The Labute approximate surface area is 191 Å². The third-order valence-corrected chi connectivity index (χ3v) is 5.47. The molecule has 0 aromatic heterocycles. The van der Waals surface area contributed by atoms with Crippen LogP contribution in [0.2, 0.25) is 0 Å². The van der Waals surface area contributed by atoms with Crippen molar-refractivity contribution in [1.82, 2.24) is 5.32 Å². The highest BCUT2D eigenvalue weighted by Crippen LogP contribution is 2.13. The molecule has 180 valence electrons. The van der Waals surface area contributed by atoms with Crippen LogP contribution in [0.15, 0.2) is 0 Å². The summed E-state index contributed by atoms with van der Waals surface area (Å²) in [5.74, 6) is 1.71. The van der Waals surface area contributed by atoms with Gasteiger partial charge in [-0.1, -0.05) is 117 Å². The number of carbonyl (C=O) groups is 2. The van der Waals surface area contributed by atoms with Crippen molar-refractivity contribution in [2.45, 2.75) is 123 Å². The summed E-state index contributed by atoms with van der Waals surface area (Å²) in [5.41, 5.74) is 0. The van der Waals surface area contributed by atoms with Crippen LogP contribution in [0, 0.1) is 18.3 Å². The smallest absolute Gasteiger partial charge is 0.408 e. The number of hydrogen-bond donors (Lipinski definition) is 1. The molecule has 0 fully saturated rings. The molecule has 5 nitrogen and oxygen atoms in total. The second kappa shape index (κ2) is 21.5. The first-order valence-corrected chi connectivity index (χ1v) is 12.6. The zero-order chi connectivity index (χ0) is 23.2. The first-order valence-electron chi connectivity index (χ1n) is 12.6. The first-order chi connectivity index (χ1) is 15.0. The monoisotopic (exact) mass is 437 g/mol. The van der Waals surface area contributed by atoms with E-state index in [0.29, 0.717) is 6.61 Å². The lowest BCUT2D eigenvalue weighted by Crippen LogP contribution is -2.45. The maximum atomic E-state index is 12.2. The lowest BCUT2D eigenvalue weighted by atomic mass is 10.0. The minimum Gasteiger partial charge on any atom is -0.464 e. The Hall–Kier alpha value is -1.70. The molecule has 0 aromatic carbocycles. The van der Waals surface area contributed by atoms with Crippen LogP contribution >= 0.6 is 0 Å². The summed E-state index contributed by atoms with van der Waals surface area (Å²) in [6.45, 7) is 6.23. The molecule has 0 saturated carbocycles. The van der Waals surface area contributed by atoms with E-state index in [1.807, 2.05) is 13.8 Å². The Morgan fingerprint density at radius 2 is 1.23 bits per heavy atom. The van der Waals surface area contributed by atoms with Gasteiger partial charge in [-0.05, 0) is 12.3 Å². The average molecular weight is 438 g/mol. The van der Waals surface area contributed by atoms with Crippen molar-refractivity contribution in [3.8, 4) is 12.3 Å². The lowest BCUT2D eigenvalue weighted by Gasteiger charge is -2.20. The molecule has 1 N–H and O–H groups in total. The Balaban J connectivity index is 3.57. The van der Waals surface area contributed by atoms with Crippen molar-refractivity contribution in [2.24, 2.45) is 5.92 Å². The number of nitrogens with one attached hydrogen (secondary N) is 1. The molecule has 1 unspecified atom stereocenters. The van der Waals surface area contributed by atoms with Crippen LogP contribution in [-0.2, 0) is 14.3 Å². The molecular weight excluding hydrogens is 390 g/mol. The fraction of sp³-hybridized carbons (Fsp3) is 0.846. The van der Waals surface area contributed by atoms with Gasteiger partial charge in [0.2, 0.25) is 0 Å². The Morgan fingerprint density at radius 1 is 0.774 bits per heavy atom. The maximum absolute atomic E-state index is 12.2. The third kappa shape index (κ3) is 18.8. The van der Waals surface area contributed by atoms with Gasteiger partial charge in [0.1, 0.15) is 6.04 Å². The van der Waals surface area contributed by atoms with Gasteiger partial charge >= 0.3 is 12.1 Å². The molecule has 1 atom stereocenters. The fourth-order valence-electron chi connectivity index (χ4n) is 3.51. The number of carbonyl (C=O) groups excluding carboxylic acids is 2. The maximum Gasteiger partial charge on any atom is 0.408 e. The molecule has 0 saturated heterocycles. The third-order valence-electron chi connectivity index (χ3n) is 5.47. The first kappa shape index (κ1) is 29.3. The molecule has 1 amide bonds. The second-order valence-electron chi connectivity index (χ2n) is 8.76. The number of terminal acetylenes is 1. The van der Waals surface area contributed by atoms with Crippen LogP contribution in [0.5, 0.6) is 0 Å². The van der Waals surface area contributed by atoms with E-state index >= 15 is 0 Å². The molecule has 0 aliphatic rings. The van der Waals surface area contributed by atoms with Gasteiger partial charge < -0.3 is 14.8 Å². The van der Waals surface area contributed by atoms with E-state index in [1.54, 1.807) is 0 Å². The van der Waals surface area contributed by atoms with Crippen molar-refractivity contribution in [3.05, 3.63) is 0 Å². The summed E-state index contributed by atoms with van der Waals surface area (Å²) in [4.78, 5) is 23.8. The Kier molecular flexibility index (Phi) is 20.3. The summed E-state index contributed by atoms with van der Waals surface area (Å²) < 4.78 is 10.1. The van der Waals surface area contributed by atoms with Crippen molar-refractivity contribution >= 4 is 12.1 Å². The van der Waals surface area contributed by atoms with E-state index < -0.39 is 18.1 Å². The van der Waals surface area contributed by atoms with E-state index in [1.165, 1.54) is 83.5 Å². The number of ether oxygens (including phenoxy) is 2. The van der Waals surface area contributed by atoms with E-state index in [0.717, 1.165) is 12.8 Å². The average Bonchev–Trinajstić information content (AvgIpc) is 2.75. The largest absolute Gasteiger partial charge is 0.464 e. The van der Waals surface area contributed by atoms with Gasteiger partial charge in [0.05, 0.1) is 6.61 Å². The van der Waals surface area contributed by atoms with Gasteiger partial charge in [0, 0.05) is 0 Å². The van der Waals surface area contributed by atoms with Crippen molar-refractivity contribution in [1.29, 1.82) is 0 Å². The van der Waals surface area contributed by atoms with Gasteiger partial charge in [-0.15, -0.1) is 6.42 Å². The van der Waals surface area contributed by atoms with Crippen molar-refractivity contribution < 1.29 is 19.1 Å². The minimum absolute atomic E-state index is 0.0908. The zero-order valence-corrected chi connectivity index (χ0v) is 20.4. The summed E-state index contributed by atoms with van der Waals surface area (Å²) in [5, 5.41) is 2.52. The molecule has 0 aromatic rings. The van der Waals surface area contributed by atoms with Gasteiger partial charge in [-0.2, -0.15) is 0 Å². The van der Waals surface area contributed by atoms with Crippen LogP contribution in [-0.4, -0.2) is 31.3 Å². The topological polar surface area (TPSA) is 64.6 Å². The molecule has 5 heteroatoms. The number of alkyl carbamates (subject to hydrolysis) is 1. The minimum atomic E-state index is -0.721. The van der Waals surface area contributed by atoms with E-state index in [-0.39, 0.29) is 12.5 Å². The molecule has 31 heavy (non-hydrogen) atoms. The fourth-order valence-corrected chi connectivity index (χ4v) is 3.51. The number of amides is 1. The number of unbranched alkanes of at least 4 members (excludes halogenated alkanes) is 14. The van der Waals surface area contributed by atoms with Crippen LogP contribution < -0.4 is 5.32 Å². The number of esters is 1. The number of rotatable bonds is 20. The SMILES string of the molecule is C#CCOC(=O)NC(C(=O)OCCCCCCCCCCCCCCCCC)C(C)C. The van der Waals surface area contributed by atoms with E-state index in [9.17, 15) is 9.59 Å². The number of hydrogen-bond acceptors (Lipinski definition) is 4. The Bertz CT molecular complexity index is 484. The molecule has 0 aliphatic carbocycles. The molecule has 0 aliphatic heterocycles. The highest BCUT2D eigenvalue weighted by atomic mass is 16.6. The summed E-state index contributed by atoms with van der Waals surface area (Å²) in [7, 11) is 0. The summed E-state index contributed by atoms with van der Waals surface area (Å²) >= 11 is 0. The van der Waals surface area contributed by atoms with E-state index in [2.05, 4.69) is 18.2 Å². The molecule has 0 spiro atoms. The van der Waals surface area contributed by atoms with Gasteiger partial charge in [0.15, 0.2) is 6.61 Å². The second-order valence-corrected chi connectivity index (χ2v) is 8.76. The zero-order valence-electron chi connectivity index (χ0n) is 20.4. The van der Waals surface area contributed by atoms with Gasteiger partial charge in [-0.3, -0.25) is 0 Å². The molecule has 0 radical (unpaired) electrons. The summed E-state index contributed by atoms with van der Waals surface area (Å²) in [6.07, 6.45) is 23.8. The molecular formula is C26H47NO4. The standard InChI is InChI=1S/C26H47NO4/c1-5-7-8-9-10-11-12-13-14-15-16-17-18-19-20-22-30-25(28)24(23(3)4)27-26(29)31-21-6-2/h2,23-24H,5,7-22H2,1,3-4H3,(H,27,29).